The van der Waals surface area contributed by atoms with Gasteiger partial charge in [-0.3, -0.25) is 4.79 Å². The van der Waals surface area contributed by atoms with Crippen molar-refractivity contribution in [2.24, 2.45) is 0 Å². The van der Waals surface area contributed by atoms with E-state index < -0.39 is 6.04 Å². The lowest BCUT2D eigenvalue weighted by Gasteiger charge is -2.12. The summed E-state index contributed by atoms with van der Waals surface area (Å²) in [6.07, 6.45) is 2.33. The van der Waals surface area contributed by atoms with Crippen molar-refractivity contribution < 1.29 is 4.79 Å². The summed E-state index contributed by atoms with van der Waals surface area (Å²) in [7, 11) is 0. The number of hydrogen-bond acceptors (Lipinski definition) is 6. The number of aryl methyl sites for hydroxylation is 1. The number of rotatable bonds is 6. The Kier molecular flexibility index (Phi) is 5.40. The van der Waals surface area contributed by atoms with E-state index in [2.05, 4.69) is 25.7 Å². The highest BCUT2D eigenvalue weighted by atomic mass is 35.5. The standard InChI is InChI=1S/C16H17ClN6OS/c1-3-14(16(24)19-9-13-8-18-10(2)25-13)23-21-15(20-22-23)11-4-6-12(17)7-5-11/h4-8,14H,3,9H2,1-2H3,(H,19,24). The molecule has 130 valence electrons. The van der Waals surface area contributed by atoms with E-state index in [0.29, 0.717) is 23.8 Å². The summed E-state index contributed by atoms with van der Waals surface area (Å²) in [4.78, 5) is 19.0. The molecule has 3 aromatic rings. The molecule has 0 aliphatic heterocycles. The minimum Gasteiger partial charge on any atom is -0.349 e. The Labute approximate surface area is 154 Å². The second-order valence-corrected chi connectivity index (χ2v) is 7.18. The Balaban J connectivity index is 1.70. The van der Waals surface area contributed by atoms with Crippen LogP contribution in [0.1, 0.15) is 29.3 Å². The number of aromatic nitrogens is 5. The van der Waals surface area contributed by atoms with Gasteiger partial charge < -0.3 is 5.32 Å². The number of halogens is 1. The van der Waals surface area contributed by atoms with Gasteiger partial charge in [0.1, 0.15) is 0 Å². The molecule has 0 spiro atoms. The van der Waals surface area contributed by atoms with Gasteiger partial charge in [-0.1, -0.05) is 18.5 Å². The SMILES string of the molecule is CCC(C(=O)NCc1cnc(C)s1)n1nnc(-c2ccc(Cl)cc2)n1. The zero-order valence-electron chi connectivity index (χ0n) is 13.8. The zero-order valence-corrected chi connectivity index (χ0v) is 15.4. The number of nitrogens with zero attached hydrogens (tertiary/aromatic N) is 5. The minimum atomic E-state index is -0.512. The number of amides is 1. The van der Waals surface area contributed by atoms with Crippen molar-refractivity contribution in [2.75, 3.05) is 0 Å². The first kappa shape index (κ1) is 17.5. The third kappa shape index (κ3) is 4.21. The molecule has 0 radical (unpaired) electrons. The molecular weight excluding hydrogens is 360 g/mol. The second kappa shape index (κ2) is 7.71. The molecule has 1 atom stereocenters. The third-order valence-corrected chi connectivity index (χ3v) is 4.77. The van der Waals surface area contributed by atoms with Crippen LogP contribution in [0, 0.1) is 6.92 Å². The number of carbonyl (C=O) groups is 1. The fourth-order valence-electron chi connectivity index (χ4n) is 2.30. The Morgan fingerprint density at radius 1 is 1.36 bits per heavy atom. The molecular formula is C16H17ClN6OS. The summed E-state index contributed by atoms with van der Waals surface area (Å²) in [6.45, 7) is 4.29. The highest BCUT2D eigenvalue weighted by Gasteiger charge is 2.22. The van der Waals surface area contributed by atoms with Crippen LogP contribution in [0.2, 0.25) is 5.02 Å². The van der Waals surface area contributed by atoms with Crippen LogP contribution in [0.25, 0.3) is 11.4 Å². The van der Waals surface area contributed by atoms with E-state index >= 15 is 0 Å². The first-order valence-electron chi connectivity index (χ1n) is 7.81. The van der Waals surface area contributed by atoms with Gasteiger partial charge >= 0.3 is 0 Å². The molecule has 1 N–H and O–H groups in total. The van der Waals surface area contributed by atoms with Gasteiger partial charge in [0.05, 0.1) is 11.6 Å². The fraction of sp³-hybridized carbons (Fsp3) is 0.312. The molecule has 1 unspecified atom stereocenters. The maximum absolute atomic E-state index is 12.5. The summed E-state index contributed by atoms with van der Waals surface area (Å²) in [6, 6.07) is 6.65. The monoisotopic (exact) mass is 376 g/mol. The van der Waals surface area contributed by atoms with Crippen LogP contribution in [0.3, 0.4) is 0 Å². The van der Waals surface area contributed by atoms with Gasteiger partial charge in [0.15, 0.2) is 6.04 Å². The molecule has 3 rings (SSSR count). The number of nitrogens with one attached hydrogen (secondary N) is 1. The Hall–Kier alpha value is -2.32. The van der Waals surface area contributed by atoms with Gasteiger partial charge in [-0.25, -0.2) is 4.98 Å². The Morgan fingerprint density at radius 3 is 2.76 bits per heavy atom. The average Bonchev–Trinajstić information content (AvgIpc) is 3.24. The quantitative estimate of drug-likeness (QED) is 0.714. The van der Waals surface area contributed by atoms with E-state index in [-0.39, 0.29) is 5.91 Å². The Bertz CT molecular complexity index is 860. The van der Waals surface area contributed by atoms with Crippen molar-refractivity contribution in [1.82, 2.24) is 30.5 Å². The van der Waals surface area contributed by atoms with E-state index in [1.165, 1.54) is 4.80 Å². The van der Waals surface area contributed by atoms with E-state index in [1.807, 2.05) is 26.0 Å². The molecule has 7 nitrogen and oxygen atoms in total. The van der Waals surface area contributed by atoms with E-state index in [9.17, 15) is 4.79 Å². The summed E-state index contributed by atoms with van der Waals surface area (Å²) < 4.78 is 0. The summed E-state index contributed by atoms with van der Waals surface area (Å²) in [5, 5.41) is 16.9. The molecule has 0 saturated carbocycles. The summed E-state index contributed by atoms with van der Waals surface area (Å²) >= 11 is 7.45. The largest absolute Gasteiger partial charge is 0.349 e. The van der Waals surface area contributed by atoms with E-state index in [0.717, 1.165) is 15.4 Å². The van der Waals surface area contributed by atoms with Gasteiger partial charge in [-0.2, -0.15) is 4.80 Å². The summed E-state index contributed by atoms with van der Waals surface area (Å²) in [5.74, 6) is 0.314. The van der Waals surface area contributed by atoms with Crippen LogP contribution in [-0.2, 0) is 11.3 Å². The van der Waals surface area contributed by atoms with Gasteiger partial charge in [-0.15, -0.1) is 21.5 Å². The second-order valence-electron chi connectivity index (χ2n) is 5.43. The molecule has 0 saturated heterocycles. The van der Waals surface area contributed by atoms with Crippen molar-refractivity contribution in [3.63, 3.8) is 0 Å². The predicted molar refractivity (Wildman–Crippen MR) is 96.3 cm³/mol. The van der Waals surface area contributed by atoms with Gasteiger partial charge in [0.2, 0.25) is 11.7 Å². The lowest BCUT2D eigenvalue weighted by atomic mass is 10.2. The Morgan fingerprint density at radius 2 is 2.12 bits per heavy atom. The van der Waals surface area contributed by atoms with Crippen molar-refractivity contribution in [3.8, 4) is 11.4 Å². The van der Waals surface area contributed by atoms with Crippen LogP contribution in [0.4, 0.5) is 0 Å². The molecule has 0 aliphatic carbocycles. The smallest absolute Gasteiger partial charge is 0.247 e. The van der Waals surface area contributed by atoms with Crippen molar-refractivity contribution >= 4 is 28.8 Å². The predicted octanol–water partition coefficient (Wildman–Crippen LogP) is 3.03. The highest BCUT2D eigenvalue weighted by Crippen LogP contribution is 2.19. The average molecular weight is 377 g/mol. The number of hydrogen-bond donors (Lipinski definition) is 1. The van der Waals surface area contributed by atoms with Gasteiger partial charge in [-0.05, 0) is 42.8 Å². The molecule has 1 amide bonds. The first-order chi connectivity index (χ1) is 12.1. The van der Waals surface area contributed by atoms with Crippen LogP contribution >= 0.6 is 22.9 Å². The molecule has 25 heavy (non-hydrogen) atoms. The molecule has 2 aromatic heterocycles. The van der Waals surface area contributed by atoms with Gasteiger partial charge in [0.25, 0.3) is 0 Å². The van der Waals surface area contributed by atoms with Crippen molar-refractivity contribution in [3.05, 3.63) is 45.4 Å². The highest BCUT2D eigenvalue weighted by molar-refractivity contribution is 7.11. The molecule has 1 aromatic carbocycles. The number of thiazole rings is 1. The molecule has 0 bridgehead atoms. The molecule has 0 aliphatic rings. The fourth-order valence-corrected chi connectivity index (χ4v) is 3.16. The van der Waals surface area contributed by atoms with E-state index in [1.54, 1.807) is 29.7 Å². The lowest BCUT2D eigenvalue weighted by Crippen LogP contribution is -2.32. The lowest BCUT2D eigenvalue weighted by molar-refractivity contribution is -0.125. The molecule has 0 fully saturated rings. The van der Waals surface area contributed by atoms with Gasteiger partial charge in [0, 0.05) is 21.7 Å². The summed E-state index contributed by atoms with van der Waals surface area (Å²) in [5.41, 5.74) is 0.797. The third-order valence-electron chi connectivity index (χ3n) is 3.60. The zero-order chi connectivity index (χ0) is 17.8. The van der Waals surface area contributed by atoms with Crippen LogP contribution in [-0.4, -0.2) is 31.1 Å². The molecule has 2 heterocycles. The number of tetrazole rings is 1. The molecule has 9 heteroatoms. The number of carbonyl (C=O) groups excluding carboxylic acids is 1. The minimum absolute atomic E-state index is 0.145. The maximum Gasteiger partial charge on any atom is 0.247 e. The first-order valence-corrected chi connectivity index (χ1v) is 9.00. The van der Waals surface area contributed by atoms with Crippen LogP contribution < -0.4 is 5.32 Å². The van der Waals surface area contributed by atoms with Crippen molar-refractivity contribution in [2.45, 2.75) is 32.9 Å². The van der Waals surface area contributed by atoms with Crippen LogP contribution in [0.15, 0.2) is 30.5 Å². The maximum atomic E-state index is 12.5. The number of benzene rings is 1. The van der Waals surface area contributed by atoms with Crippen molar-refractivity contribution in [1.29, 1.82) is 0 Å². The topological polar surface area (TPSA) is 85.6 Å². The normalized spacial score (nSPS) is 12.1. The van der Waals surface area contributed by atoms with Crippen LogP contribution in [0.5, 0.6) is 0 Å². The van der Waals surface area contributed by atoms with E-state index in [4.69, 9.17) is 11.6 Å².